The van der Waals surface area contributed by atoms with E-state index in [0.29, 0.717) is 6.42 Å². The highest BCUT2D eigenvalue weighted by Gasteiger charge is 2.13. The van der Waals surface area contributed by atoms with Crippen molar-refractivity contribution in [2.45, 2.75) is 13.3 Å². The molecule has 3 heterocycles. The van der Waals surface area contributed by atoms with E-state index in [1.54, 1.807) is 24.1 Å². The van der Waals surface area contributed by atoms with Gasteiger partial charge in [0.2, 0.25) is 0 Å². The third-order valence-electron chi connectivity index (χ3n) is 4.75. The number of methoxy groups -OCH3 is 1. The second-order valence-corrected chi connectivity index (χ2v) is 6.69. The summed E-state index contributed by atoms with van der Waals surface area (Å²) in [6, 6.07) is 16.1. The first kappa shape index (κ1) is 16.4. The van der Waals surface area contributed by atoms with Gasteiger partial charge in [0.1, 0.15) is 12.1 Å². The van der Waals surface area contributed by atoms with Crippen molar-refractivity contribution < 1.29 is 4.74 Å². The number of hydrogen-bond donors (Lipinski definition) is 0. The van der Waals surface area contributed by atoms with Gasteiger partial charge in [-0.1, -0.05) is 29.8 Å². The van der Waals surface area contributed by atoms with Crippen LogP contribution in [-0.2, 0) is 6.42 Å². The quantitative estimate of drug-likeness (QED) is 0.485. The highest BCUT2D eigenvalue weighted by Crippen LogP contribution is 2.21. The Morgan fingerprint density at radius 2 is 1.75 bits per heavy atom. The molecule has 0 N–H and O–H groups in total. The van der Waals surface area contributed by atoms with Gasteiger partial charge in [0.25, 0.3) is 0 Å². The van der Waals surface area contributed by atoms with Crippen molar-refractivity contribution in [3.63, 3.8) is 0 Å². The molecule has 0 bridgehead atoms. The largest absolute Gasteiger partial charge is 0.497 e. The molecule has 0 aliphatic heterocycles. The molecular formula is C21H18N6O. The SMILES string of the molecule is COc1ccc(Cc2nc3c4cnn(-c5ccc(C)cc5)c4ncn3n2)cc1. The summed E-state index contributed by atoms with van der Waals surface area (Å²) in [5.74, 6) is 1.57. The first-order valence-corrected chi connectivity index (χ1v) is 8.99. The molecule has 0 aliphatic rings. The molecule has 0 saturated heterocycles. The normalized spacial score (nSPS) is 11.4. The number of rotatable bonds is 4. The number of benzene rings is 2. The molecule has 0 aliphatic carbocycles. The maximum atomic E-state index is 5.21. The zero-order chi connectivity index (χ0) is 19.1. The van der Waals surface area contributed by atoms with E-state index in [4.69, 9.17) is 9.72 Å². The van der Waals surface area contributed by atoms with Gasteiger partial charge in [0.15, 0.2) is 17.1 Å². The molecule has 0 fully saturated rings. The lowest BCUT2D eigenvalue weighted by atomic mass is 10.1. The molecule has 28 heavy (non-hydrogen) atoms. The lowest BCUT2D eigenvalue weighted by Gasteiger charge is -2.03. The van der Waals surface area contributed by atoms with Crippen LogP contribution in [0.1, 0.15) is 17.0 Å². The Morgan fingerprint density at radius 3 is 2.50 bits per heavy atom. The van der Waals surface area contributed by atoms with Gasteiger partial charge in [-0.25, -0.2) is 19.2 Å². The minimum absolute atomic E-state index is 0.638. The monoisotopic (exact) mass is 370 g/mol. The van der Waals surface area contributed by atoms with E-state index < -0.39 is 0 Å². The highest BCUT2D eigenvalue weighted by molar-refractivity contribution is 5.89. The predicted octanol–water partition coefficient (Wildman–Crippen LogP) is 3.37. The highest BCUT2D eigenvalue weighted by atomic mass is 16.5. The summed E-state index contributed by atoms with van der Waals surface area (Å²) in [6.07, 6.45) is 4.12. The van der Waals surface area contributed by atoms with Crippen molar-refractivity contribution in [2.24, 2.45) is 0 Å². The molecule has 0 unspecified atom stereocenters. The second-order valence-electron chi connectivity index (χ2n) is 6.69. The van der Waals surface area contributed by atoms with Crippen LogP contribution in [0, 0.1) is 6.92 Å². The van der Waals surface area contributed by atoms with E-state index in [2.05, 4.69) is 34.2 Å². The van der Waals surface area contributed by atoms with Crippen LogP contribution in [0.4, 0.5) is 0 Å². The Kier molecular flexibility index (Phi) is 3.79. The Morgan fingerprint density at radius 1 is 0.964 bits per heavy atom. The summed E-state index contributed by atoms with van der Waals surface area (Å²) in [6.45, 7) is 2.06. The van der Waals surface area contributed by atoms with Gasteiger partial charge < -0.3 is 4.74 Å². The minimum Gasteiger partial charge on any atom is -0.497 e. The summed E-state index contributed by atoms with van der Waals surface area (Å²) < 4.78 is 8.74. The average molecular weight is 370 g/mol. The number of ether oxygens (including phenoxy) is 1. The lowest BCUT2D eigenvalue weighted by Crippen LogP contribution is -1.99. The number of aromatic nitrogens is 6. The van der Waals surface area contributed by atoms with E-state index >= 15 is 0 Å². The van der Waals surface area contributed by atoms with Gasteiger partial charge >= 0.3 is 0 Å². The van der Waals surface area contributed by atoms with Crippen molar-refractivity contribution in [2.75, 3.05) is 7.11 Å². The van der Waals surface area contributed by atoms with Crippen LogP contribution >= 0.6 is 0 Å². The fraction of sp³-hybridized carbons (Fsp3) is 0.143. The van der Waals surface area contributed by atoms with Gasteiger partial charge in [-0.15, -0.1) is 5.10 Å². The molecule has 5 rings (SSSR count). The van der Waals surface area contributed by atoms with Crippen LogP contribution in [0.2, 0.25) is 0 Å². The molecule has 0 radical (unpaired) electrons. The van der Waals surface area contributed by atoms with Gasteiger partial charge in [0, 0.05) is 6.42 Å². The average Bonchev–Trinajstić information content (AvgIpc) is 3.32. The first-order chi connectivity index (χ1) is 13.7. The molecule has 0 amide bonds. The van der Waals surface area contributed by atoms with Crippen LogP contribution in [-0.4, -0.2) is 36.5 Å². The Labute approximate surface area is 161 Å². The van der Waals surface area contributed by atoms with Crippen LogP contribution < -0.4 is 4.74 Å². The molecule has 5 aromatic rings. The summed E-state index contributed by atoms with van der Waals surface area (Å²) in [5.41, 5.74) is 4.81. The van der Waals surface area contributed by atoms with Crippen molar-refractivity contribution in [1.29, 1.82) is 0 Å². The molecular weight excluding hydrogens is 352 g/mol. The number of fused-ring (bicyclic) bond motifs is 3. The fourth-order valence-corrected chi connectivity index (χ4v) is 3.24. The van der Waals surface area contributed by atoms with Crippen LogP contribution in [0.25, 0.3) is 22.4 Å². The molecule has 0 atom stereocenters. The fourth-order valence-electron chi connectivity index (χ4n) is 3.24. The van der Waals surface area contributed by atoms with Crippen LogP contribution in [0.5, 0.6) is 5.75 Å². The molecule has 138 valence electrons. The molecule has 3 aromatic heterocycles. The zero-order valence-electron chi connectivity index (χ0n) is 15.6. The van der Waals surface area contributed by atoms with E-state index in [1.807, 2.05) is 41.1 Å². The Hall–Kier alpha value is -3.74. The summed E-state index contributed by atoms with van der Waals surface area (Å²) in [4.78, 5) is 9.28. The lowest BCUT2D eigenvalue weighted by molar-refractivity contribution is 0.414. The van der Waals surface area contributed by atoms with Crippen molar-refractivity contribution in [3.8, 4) is 11.4 Å². The first-order valence-electron chi connectivity index (χ1n) is 8.99. The number of hydrogen-bond acceptors (Lipinski definition) is 5. The second kappa shape index (κ2) is 6.45. The smallest absolute Gasteiger partial charge is 0.170 e. The summed E-state index contributed by atoms with van der Waals surface area (Å²) in [7, 11) is 1.66. The van der Waals surface area contributed by atoms with Crippen molar-refractivity contribution in [1.82, 2.24) is 29.4 Å². The standard InChI is InChI=1S/C21H18N6O/c1-14-3-7-16(8-4-14)27-20-18(12-23-27)21-24-19(25-26(21)13-22-20)11-15-5-9-17(28-2)10-6-15/h3-10,12-13H,11H2,1-2H3. The van der Waals surface area contributed by atoms with Crippen LogP contribution in [0.3, 0.4) is 0 Å². The van der Waals surface area contributed by atoms with E-state index in [-0.39, 0.29) is 0 Å². The summed E-state index contributed by atoms with van der Waals surface area (Å²) >= 11 is 0. The van der Waals surface area contributed by atoms with Gasteiger partial charge in [-0.05, 0) is 36.8 Å². The molecule has 0 spiro atoms. The van der Waals surface area contributed by atoms with E-state index in [9.17, 15) is 0 Å². The van der Waals surface area contributed by atoms with Crippen molar-refractivity contribution >= 4 is 16.7 Å². The zero-order valence-corrected chi connectivity index (χ0v) is 15.6. The predicted molar refractivity (Wildman–Crippen MR) is 106 cm³/mol. The third kappa shape index (κ3) is 2.77. The topological polar surface area (TPSA) is 70.1 Å². The Bertz CT molecular complexity index is 1270. The molecule has 0 saturated carbocycles. The van der Waals surface area contributed by atoms with E-state index in [1.165, 1.54) is 5.56 Å². The maximum absolute atomic E-state index is 5.21. The van der Waals surface area contributed by atoms with Gasteiger partial charge in [-0.2, -0.15) is 5.10 Å². The maximum Gasteiger partial charge on any atom is 0.170 e. The Balaban J connectivity index is 1.54. The molecule has 7 nitrogen and oxygen atoms in total. The van der Waals surface area contributed by atoms with Gasteiger partial charge in [-0.3, -0.25) is 0 Å². The van der Waals surface area contributed by atoms with Crippen LogP contribution in [0.15, 0.2) is 61.1 Å². The summed E-state index contributed by atoms with van der Waals surface area (Å²) in [5, 5.41) is 9.96. The molecule has 7 heteroatoms. The number of aryl methyl sites for hydroxylation is 1. The minimum atomic E-state index is 0.638. The van der Waals surface area contributed by atoms with Crippen molar-refractivity contribution in [3.05, 3.63) is 78.0 Å². The van der Waals surface area contributed by atoms with E-state index in [0.717, 1.165) is 39.5 Å². The number of nitrogens with zero attached hydrogens (tertiary/aromatic N) is 6. The third-order valence-corrected chi connectivity index (χ3v) is 4.75. The van der Waals surface area contributed by atoms with Gasteiger partial charge in [0.05, 0.1) is 24.4 Å². The molecule has 2 aromatic carbocycles.